The van der Waals surface area contributed by atoms with E-state index in [9.17, 15) is 4.79 Å². The van der Waals surface area contributed by atoms with Crippen molar-refractivity contribution in [2.24, 2.45) is 0 Å². The number of benzene rings is 1. The van der Waals surface area contributed by atoms with Crippen LogP contribution < -0.4 is 4.74 Å². The minimum atomic E-state index is -0.450. The average molecular weight is 326 g/mol. The third-order valence-electron chi connectivity index (χ3n) is 3.75. The summed E-state index contributed by atoms with van der Waals surface area (Å²) in [6, 6.07) is 5.82. The van der Waals surface area contributed by atoms with Crippen LogP contribution in [-0.2, 0) is 4.74 Å². The Morgan fingerprint density at radius 2 is 1.86 bits per heavy atom. The molecule has 1 fully saturated rings. The van der Waals surface area contributed by atoms with Gasteiger partial charge in [-0.25, -0.2) is 4.79 Å². The van der Waals surface area contributed by atoms with Crippen molar-refractivity contribution in [2.45, 2.75) is 45.1 Å². The van der Waals surface area contributed by atoms with Gasteiger partial charge in [-0.1, -0.05) is 11.6 Å². The number of carbonyl (C=O) groups excluding carboxylic acids is 1. The van der Waals surface area contributed by atoms with Crippen molar-refractivity contribution in [1.82, 2.24) is 4.90 Å². The normalized spacial score (nSPS) is 16.5. The van der Waals surface area contributed by atoms with Crippen LogP contribution in [0, 0.1) is 0 Å². The highest BCUT2D eigenvalue weighted by atomic mass is 35.5. The molecule has 0 aliphatic carbocycles. The monoisotopic (exact) mass is 325 g/mol. The van der Waals surface area contributed by atoms with Gasteiger partial charge in [0.2, 0.25) is 0 Å². The molecule has 1 aromatic rings. The number of halogens is 1. The zero-order valence-corrected chi connectivity index (χ0v) is 14.4. The van der Waals surface area contributed by atoms with Gasteiger partial charge in [-0.2, -0.15) is 0 Å². The molecular formula is C17H24ClNO3. The lowest BCUT2D eigenvalue weighted by molar-refractivity contribution is 0.0205. The van der Waals surface area contributed by atoms with Gasteiger partial charge in [0.25, 0.3) is 0 Å². The van der Waals surface area contributed by atoms with E-state index < -0.39 is 5.60 Å². The molecule has 1 aliphatic heterocycles. The topological polar surface area (TPSA) is 38.8 Å². The minimum absolute atomic E-state index is 0.227. The van der Waals surface area contributed by atoms with Crippen molar-refractivity contribution >= 4 is 17.7 Å². The molecule has 1 saturated heterocycles. The van der Waals surface area contributed by atoms with Gasteiger partial charge in [0, 0.05) is 18.1 Å². The first-order valence-electron chi connectivity index (χ1n) is 7.61. The van der Waals surface area contributed by atoms with Crippen LogP contribution in [0.25, 0.3) is 0 Å². The molecule has 1 amide bonds. The van der Waals surface area contributed by atoms with Gasteiger partial charge >= 0.3 is 6.09 Å². The first-order valence-corrected chi connectivity index (χ1v) is 7.98. The van der Waals surface area contributed by atoms with Gasteiger partial charge in [0.05, 0.1) is 7.11 Å². The molecule has 0 N–H and O–H groups in total. The fraction of sp³-hybridized carbons (Fsp3) is 0.588. The quantitative estimate of drug-likeness (QED) is 0.805. The Hall–Kier alpha value is -1.42. The van der Waals surface area contributed by atoms with Crippen LogP contribution in [0.5, 0.6) is 5.75 Å². The maximum absolute atomic E-state index is 12.1. The first-order chi connectivity index (χ1) is 10.3. The van der Waals surface area contributed by atoms with E-state index in [1.807, 2.05) is 32.9 Å². The lowest BCUT2D eigenvalue weighted by atomic mass is 9.89. The molecule has 22 heavy (non-hydrogen) atoms. The standard InChI is InChI=1S/C17H24ClNO3/c1-17(2,3)22-16(20)19-7-5-12(6-8-19)13-9-14(18)11-15(10-13)21-4/h9-12H,5-8H2,1-4H3. The van der Waals surface area contributed by atoms with Crippen molar-refractivity contribution in [2.75, 3.05) is 20.2 Å². The molecule has 1 aromatic carbocycles. The van der Waals surface area contributed by atoms with Gasteiger partial charge in [-0.05, 0) is 63.3 Å². The number of nitrogens with zero attached hydrogens (tertiary/aromatic N) is 1. The summed E-state index contributed by atoms with van der Waals surface area (Å²) in [5.74, 6) is 1.17. The number of carbonyl (C=O) groups is 1. The molecule has 0 aromatic heterocycles. The largest absolute Gasteiger partial charge is 0.497 e. The maximum atomic E-state index is 12.1. The Morgan fingerprint density at radius 1 is 1.23 bits per heavy atom. The third-order valence-corrected chi connectivity index (χ3v) is 3.97. The Balaban J connectivity index is 1.97. The van der Waals surface area contributed by atoms with Gasteiger partial charge in [0.15, 0.2) is 0 Å². The Bertz CT molecular complexity index is 531. The fourth-order valence-electron chi connectivity index (χ4n) is 2.66. The summed E-state index contributed by atoms with van der Waals surface area (Å²) in [6.45, 7) is 7.06. The van der Waals surface area contributed by atoms with Crippen molar-refractivity contribution in [3.05, 3.63) is 28.8 Å². The van der Waals surface area contributed by atoms with Gasteiger partial charge in [0.1, 0.15) is 11.4 Å². The number of hydrogen-bond acceptors (Lipinski definition) is 3. The summed E-state index contributed by atoms with van der Waals surface area (Å²) in [7, 11) is 1.64. The molecule has 0 saturated carbocycles. The summed E-state index contributed by atoms with van der Waals surface area (Å²) in [5.41, 5.74) is 0.724. The lowest BCUT2D eigenvalue weighted by Crippen LogP contribution is -2.41. The summed E-state index contributed by atoms with van der Waals surface area (Å²) < 4.78 is 10.7. The lowest BCUT2D eigenvalue weighted by Gasteiger charge is -2.33. The molecule has 0 spiro atoms. The molecular weight excluding hydrogens is 302 g/mol. The van der Waals surface area contributed by atoms with Crippen molar-refractivity contribution in [3.8, 4) is 5.75 Å². The van der Waals surface area contributed by atoms with Crippen LogP contribution in [0.1, 0.15) is 45.1 Å². The van der Waals surface area contributed by atoms with Crippen LogP contribution in [0.15, 0.2) is 18.2 Å². The van der Waals surface area contributed by atoms with Crippen molar-refractivity contribution < 1.29 is 14.3 Å². The molecule has 2 rings (SSSR count). The molecule has 4 nitrogen and oxygen atoms in total. The Morgan fingerprint density at radius 3 is 2.41 bits per heavy atom. The van der Waals surface area contributed by atoms with Crippen LogP contribution in [0.3, 0.4) is 0 Å². The van der Waals surface area contributed by atoms with E-state index in [1.54, 1.807) is 18.1 Å². The van der Waals surface area contributed by atoms with E-state index in [2.05, 4.69) is 0 Å². The van der Waals surface area contributed by atoms with Crippen molar-refractivity contribution in [1.29, 1.82) is 0 Å². The van der Waals surface area contributed by atoms with Gasteiger partial charge < -0.3 is 14.4 Å². The molecule has 0 unspecified atom stereocenters. The number of piperidine rings is 1. The third kappa shape index (κ3) is 4.54. The molecule has 0 bridgehead atoms. The van der Waals surface area contributed by atoms with Crippen molar-refractivity contribution in [3.63, 3.8) is 0 Å². The Kier molecular flexibility index (Phi) is 5.22. The number of ether oxygens (including phenoxy) is 2. The second-order valence-electron chi connectivity index (χ2n) is 6.67. The van der Waals surface area contributed by atoms with E-state index in [0.717, 1.165) is 18.6 Å². The van der Waals surface area contributed by atoms with E-state index in [0.29, 0.717) is 24.0 Å². The fourth-order valence-corrected chi connectivity index (χ4v) is 2.89. The number of rotatable bonds is 2. The minimum Gasteiger partial charge on any atom is -0.497 e. The van der Waals surface area contributed by atoms with E-state index in [1.165, 1.54) is 5.56 Å². The number of likely N-dealkylation sites (tertiary alicyclic amines) is 1. The number of amides is 1. The SMILES string of the molecule is COc1cc(Cl)cc(C2CCN(C(=O)OC(C)(C)C)CC2)c1. The number of methoxy groups -OCH3 is 1. The molecule has 122 valence electrons. The highest BCUT2D eigenvalue weighted by molar-refractivity contribution is 6.30. The van der Waals surface area contributed by atoms with Gasteiger partial charge in [-0.15, -0.1) is 0 Å². The maximum Gasteiger partial charge on any atom is 0.410 e. The highest BCUT2D eigenvalue weighted by Gasteiger charge is 2.27. The van der Waals surface area contributed by atoms with E-state index in [-0.39, 0.29) is 6.09 Å². The summed E-state index contributed by atoms with van der Waals surface area (Å²) in [4.78, 5) is 13.9. The van der Waals surface area contributed by atoms with E-state index >= 15 is 0 Å². The highest BCUT2D eigenvalue weighted by Crippen LogP contribution is 2.32. The van der Waals surface area contributed by atoms with Crippen LogP contribution in [-0.4, -0.2) is 36.8 Å². The van der Waals surface area contributed by atoms with Gasteiger partial charge in [-0.3, -0.25) is 0 Å². The second-order valence-corrected chi connectivity index (χ2v) is 7.10. The molecule has 0 atom stereocenters. The summed E-state index contributed by atoms with van der Waals surface area (Å²) in [5, 5.41) is 0.684. The predicted octanol–water partition coefficient (Wildman–Crippen LogP) is 4.46. The zero-order chi connectivity index (χ0) is 16.3. The summed E-state index contributed by atoms with van der Waals surface area (Å²) >= 11 is 6.14. The molecule has 1 heterocycles. The molecule has 0 radical (unpaired) electrons. The van der Waals surface area contributed by atoms with Crippen LogP contribution >= 0.6 is 11.6 Å². The van der Waals surface area contributed by atoms with E-state index in [4.69, 9.17) is 21.1 Å². The predicted molar refractivity (Wildman–Crippen MR) is 87.8 cm³/mol. The van der Waals surface area contributed by atoms with Crippen LogP contribution in [0.2, 0.25) is 5.02 Å². The smallest absolute Gasteiger partial charge is 0.410 e. The molecule has 5 heteroatoms. The van der Waals surface area contributed by atoms with Crippen LogP contribution in [0.4, 0.5) is 4.79 Å². The first kappa shape index (κ1) is 16.9. The number of hydrogen-bond donors (Lipinski definition) is 0. The Labute approximate surface area is 137 Å². The molecule has 1 aliphatic rings. The average Bonchev–Trinajstić information content (AvgIpc) is 2.45. The summed E-state index contributed by atoms with van der Waals surface area (Å²) in [6.07, 6.45) is 1.58. The zero-order valence-electron chi connectivity index (χ0n) is 13.7. The second kappa shape index (κ2) is 6.78.